The minimum atomic E-state index is -0.637. The molecular formula is C20H20ClN3O3. The lowest BCUT2D eigenvalue weighted by atomic mass is 10.2. The molecule has 0 saturated carbocycles. The fraction of sp³-hybridized carbons (Fsp3) is 0.250. The minimum absolute atomic E-state index is 0.178. The molecule has 1 aromatic heterocycles. The van der Waals surface area contributed by atoms with Crippen molar-refractivity contribution in [3.05, 3.63) is 65.0 Å². The summed E-state index contributed by atoms with van der Waals surface area (Å²) in [5.74, 6) is 1.21. The molecule has 0 bridgehead atoms. The lowest BCUT2D eigenvalue weighted by Crippen LogP contribution is -2.37. The van der Waals surface area contributed by atoms with Gasteiger partial charge in [-0.2, -0.15) is 4.98 Å². The number of halogens is 1. The zero-order valence-corrected chi connectivity index (χ0v) is 16.1. The third kappa shape index (κ3) is 4.46. The van der Waals surface area contributed by atoms with Crippen LogP contribution in [-0.2, 0) is 11.3 Å². The molecule has 1 heterocycles. The quantitative estimate of drug-likeness (QED) is 0.638. The topological polar surface area (TPSA) is 68.5 Å². The Bertz CT molecular complexity index is 941. The number of ether oxygens (including phenoxy) is 1. The Morgan fingerprint density at radius 2 is 1.93 bits per heavy atom. The first-order valence-corrected chi connectivity index (χ1v) is 8.88. The van der Waals surface area contributed by atoms with Crippen molar-refractivity contribution in [1.82, 2.24) is 15.0 Å². The van der Waals surface area contributed by atoms with Gasteiger partial charge >= 0.3 is 0 Å². The molecule has 0 aliphatic carbocycles. The van der Waals surface area contributed by atoms with Gasteiger partial charge in [0.2, 0.25) is 11.7 Å². The van der Waals surface area contributed by atoms with E-state index in [2.05, 4.69) is 10.1 Å². The summed E-state index contributed by atoms with van der Waals surface area (Å²) in [6.45, 7) is 3.83. The van der Waals surface area contributed by atoms with E-state index in [4.69, 9.17) is 20.9 Å². The number of nitrogens with zero attached hydrogens (tertiary/aromatic N) is 3. The Morgan fingerprint density at radius 3 is 2.67 bits per heavy atom. The van der Waals surface area contributed by atoms with Gasteiger partial charge in [0, 0.05) is 12.6 Å². The summed E-state index contributed by atoms with van der Waals surface area (Å²) < 4.78 is 11.0. The molecule has 0 fully saturated rings. The second-order valence-electron chi connectivity index (χ2n) is 6.21. The van der Waals surface area contributed by atoms with Crippen molar-refractivity contribution >= 4 is 17.5 Å². The molecule has 0 saturated heterocycles. The van der Waals surface area contributed by atoms with Crippen LogP contribution in [0.4, 0.5) is 0 Å². The summed E-state index contributed by atoms with van der Waals surface area (Å²) in [5.41, 5.74) is 1.65. The van der Waals surface area contributed by atoms with E-state index in [9.17, 15) is 4.79 Å². The Morgan fingerprint density at radius 1 is 1.22 bits per heavy atom. The monoisotopic (exact) mass is 385 g/mol. The van der Waals surface area contributed by atoms with Crippen LogP contribution in [0, 0.1) is 6.92 Å². The standard InChI is InChI=1S/C20H20ClN3O3/c1-13-8-4-7-11-17(13)26-14(2)20(25)24(3)12-18-22-19(23-27-18)15-9-5-6-10-16(15)21/h4-11,14H,12H2,1-3H3/t14-/m1/s1. The molecule has 27 heavy (non-hydrogen) atoms. The fourth-order valence-electron chi connectivity index (χ4n) is 2.59. The van der Waals surface area contributed by atoms with Crippen molar-refractivity contribution in [2.24, 2.45) is 0 Å². The molecule has 3 rings (SSSR count). The summed E-state index contributed by atoms with van der Waals surface area (Å²) in [4.78, 5) is 18.4. The van der Waals surface area contributed by atoms with Gasteiger partial charge < -0.3 is 14.2 Å². The van der Waals surface area contributed by atoms with Gasteiger partial charge in [0.05, 0.1) is 11.6 Å². The SMILES string of the molecule is Cc1ccccc1O[C@H](C)C(=O)N(C)Cc1nc(-c2ccccc2Cl)no1. The highest BCUT2D eigenvalue weighted by atomic mass is 35.5. The molecule has 2 aromatic carbocycles. The van der Waals surface area contributed by atoms with Gasteiger partial charge in [-0.05, 0) is 37.6 Å². The Labute approximate surface area is 162 Å². The number of aromatic nitrogens is 2. The number of amides is 1. The van der Waals surface area contributed by atoms with E-state index in [1.165, 1.54) is 4.90 Å². The summed E-state index contributed by atoms with van der Waals surface area (Å²) in [6, 6.07) is 14.8. The average molecular weight is 386 g/mol. The predicted molar refractivity (Wildman–Crippen MR) is 102 cm³/mol. The third-order valence-corrected chi connectivity index (χ3v) is 4.41. The molecule has 6 nitrogen and oxygen atoms in total. The predicted octanol–water partition coefficient (Wildman–Crippen LogP) is 4.12. The Kier molecular flexibility index (Phi) is 5.76. The smallest absolute Gasteiger partial charge is 0.263 e. The number of aryl methyl sites for hydroxylation is 1. The van der Waals surface area contributed by atoms with Crippen LogP contribution in [0.1, 0.15) is 18.4 Å². The molecule has 0 aliphatic heterocycles. The molecule has 0 spiro atoms. The fourth-order valence-corrected chi connectivity index (χ4v) is 2.81. The van der Waals surface area contributed by atoms with Gasteiger partial charge in [-0.25, -0.2) is 0 Å². The Balaban J connectivity index is 1.65. The molecule has 3 aromatic rings. The number of rotatable bonds is 6. The first-order chi connectivity index (χ1) is 13.0. The number of hydrogen-bond donors (Lipinski definition) is 0. The van der Waals surface area contributed by atoms with Crippen molar-refractivity contribution in [1.29, 1.82) is 0 Å². The number of hydrogen-bond acceptors (Lipinski definition) is 5. The van der Waals surface area contributed by atoms with E-state index < -0.39 is 6.10 Å². The van der Waals surface area contributed by atoms with Crippen molar-refractivity contribution in [3.63, 3.8) is 0 Å². The summed E-state index contributed by atoms with van der Waals surface area (Å²) in [6.07, 6.45) is -0.637. The van der Waals surface area contributed by atoms with Gasteiger partial charge in [-0.1, -0.05) is 47.1 Å². The normalized spacial score (nSPS) is 11.9. The maximum Gasteiger partial charge on any atom is 0.263 e. The summed E-state index contributed by atoms with van der Waals surface area (Å²) in [5, 5.41) is 4.48. The van der Waals surface area contributed by atoms with Crippen molar-refractivity contribution in [2.75, 3.05) is 7.05 Å². The van der Waals surface area contributed by atoms with Crippen LogP contribution in [0.3, 0.4) is 0 Å². The van der Waals surface area contributed by atoms with Gasteiger partial charge in [0.15, 0.2) is 6.10 Å². The van der Waals surface area contributed by atoms with Crippen molar-refractivity contribution < 1.29 is 14.1 Å². The van der Waals surface area contributed by atoms with E-state index in [1.807, 2.05) is 49.4 Å². The Hall–Kier alpha value is -2.86. The third-order valence-electron chi connectivity index (χ3n) is 4.08. The van der Waals surface area contributed by atoms with Crippen molar-refractivity contribution in [2.45, 2.75) is 26.5 Å². The lowest BCUT2D eigenvalue weighted by molar-refractivity contribution is -0.137. The van der Waals surface area contributed by atoms with E-state index in [0.29, 0.717) is 28.1 Å². The number of para-hydroxylation sites is 1. The summed E-state index contributed by atoms with van der Waals surface area (Å²) >= 11 is 6.15. The average Bonchev–Trinajstić information content (AvgIpc) is 3.11. The molecular weight excluding hydrogens is 366 g/mol. The molecule has 0 aliphatic rings. The zero-order valence-electron chi connectivity index (χ0n) is 15.3. The second-order valence-corrected chi connectivity index (χ2v) is 6.62. The van der Waals surface area contributed by atoms with E-state index >= 15 is 0 Å². The largest absolute Gasteiger partial charge is 0.481 e. The number of carbonyl (C=O) groups is 1. The molecule has 0 unspecified atom stereocenters. The van der Waals surface area contributed by atoms with Crippen LogP contribution in [0.5, 0.6) is 5.75 Å². The van der Waals surface area contributed by atoms with E-state index in [0.717, 1.165) is 5.56 Å². The van der Waals surface area contributed by atoms with E-state index in [1.54, 1.807) is 20.0 Å². The first kappa shape index (κ1) is 18.9. The van der Waals surface area contributed by atoms with Gasteiger partial charge in [-0.3, -0.25) is 4.79 Å². The lowest BCUT2D eigenvalue weighted by Gasteiger charge is -2.21. The number of likely N-dealkylation sites (N-methyl/N-ethyl adjacent to an activating group) is 1. The minimum Gasteiger partial charge on any atom is -0.481 e. The second kappa shape index (κ2) is 8.22. The number of carbonyl (C=O) groups excluding carboxylic acids is 1. The molecule has 140 valence electrons. The van der Waals surface area contributed by atoms with Crippen LogP contribution in [0.25, 0.3) is 11.4 Å². The molecule has 0 radical (unpaired) electrons. The maximum atomic E-state index is 12.6. The van der Waals surface area contributed by atoms with Gasteiger partial charge in [0.1, 0.15) is 5.75 Å². The van der Waals surface area contributed by atoms with Crippen molar-refractivity contribution in [3.8, 4) is 17.1 Å². The highest BCUT2D eigenvalue weighted by Crippen LogP contribution is 2.25. The van der Waals surface area contributed by atoms with Gasteiger partial charge in [-0.15, -0.1) is 0 Å². The van der Waals surface area contributed by atoms with Crippen LogP contribution in [0.2, 0.25) is 5.02 Å². The van der Waals surface area contributed by atoms with Gasteiger partial charge in [0.25, 0.3) is 5.91 Å². The summed E-state index contributed by atoms with van der Waals surface area (Å²) in [7, 11) is 1.67. The molecule has 1 amide bonds. The molecule has 7 heteroatoms. The van der Waals surface area contributed by atoms with E-state index in [-0.39, 0.29) is 12.5 Å². The maximum absolute atomic E-state index is 12.6. The van der Waals surface area contributed by atoms with Crippen LogP contribution in [0.15, 0.2) is 53.1 Å². The van der Waals surface area contributed by atoms with Crippen LogP contribution < -0.4 is 4.74 Å². The molecule has 0 N–H and O–H groups in total. The zero-order chi connectivity index (χ0) is 19.4. The number of benzene rings is 2. The van der Waals surface area contributed by atoms with Crippen LogP contribution >= 0.6 is 11.6 Å². The molecule has 1 atom stereocenters. The first-order valence-electron chi connectivity index (χ1n) is 8.50. The highest BCUT2D eigenvalue weighted by Gasteiger charge is 2.22. The highest BCUT2D eigenvalue weighted by molar-refractivity contribution is 6.33. The van der Waals surface area contributed by atoms with Crippen LogP contribution in [-0.4, -0.2) is 34.1 Å².